The first kappa shape index (κ1) is 8.99. The molecule has 12 heavy (non-hydrogen) atoms. The molecule has 0 bridgehead atoms. The summed E-state index contributed by atoms with van der Waals surface area (Å²) in [6, 6.07) is -0.131. The highest BCUT2D eigenvalue weighted by atomic mass is 15.4. The molecule has 0 amide bonds. The van der Waals surface area contributed by atoms with Gasteiger partial charge in [-0.2, -0.15) is 10.1 Å². The third kappa shape index (κ3) is 1.55. The lowest BCUT2D eigenvalue weighted by Crippen LogP contribution is -2.18. The molecule has 68 valence electrons. The van der Waals surface area contributed by atoms with E-state index in [1.165, 1.54) is 4.68 Å². The highest BCUT2D eigenvalue weighted by Gasteiger charge is 2.15. The van der Waals surface area contributed by atoms with E-state index in [2.05, 4.69) is 10.1 Å². The van der Waals surface area contributed by atoms with Gasteiger partial charge in [-0.3, -0.25) is 0 Å². The summed E-state index contributed by atoms with van der Waals surface area (Å²) in [7, 11) is 1.75. The Bertz CT molecular complexity index is 245. The Kier molecular flexibility index (Phi) is 2.32. The fraction of sp³-hybridized carbons (Fsp3) is 0.714. The minimum Gasteiger partial charge on any atom is -0.368 e. The van der Waals surface area contributed by atoms with Crippen molar-refractivity contribution in [3.63, 3.8) is 0 Å². The quantitative estimate of drug-likeness (QED) is 0.655. The fourth-order valence-electron chi connectivity index (χ4n) is 0.856. The van der Waals surface area contributed by atoms with Crippen LogP contribution in [0.5, 0.6) is 0 Å². The maximum absolute atomic E-state index is 5.83. The van der Waals surface area contributed by atoms with Crippen molar-refractivity contribution in [3.05, 3.63) is 5.82 Å². The van der Waals surface area contributed by atoms with Crippen molar-refractivity contribution in [2.24, 2.45) is 18.7 Å². The lowest BCUT2D eigenvalue weighted by Gasteiger charge is -2.10. The molecule has 1 aromatic heterocycles. The molecule has 0 aliphatic carbocycles. The van der Waals surface area contributed by atoms with Gasteiger partial charge in [-0.1, -0.05) is 13.8 Å². The third-order valence-electron chi connectivity index (χ3n) is 1.83. The highest BCUT2D eigenvalue weighted by molar-refractivity contribution is 5.16. The van der Waals surface area contributed by atoms with Crippen LogP contribution in [0.4, 0.5) is 5.95 Å². The zero-order valence-electron chi connectivity index (χ0n) is 7.65. The normalized spacial score (nSPS) is 13.8. The van der Waals surface area contributed by atoms with Gasteiger partial charge in [0.15, 0.2) is 5.82 Å². The predicted molar refractivity (Wildman–Crippen MR) is 47.2 cm³/mol. The van der Waals surface area contributed by atoms with E-state index in [9.17, 15) is 0 Å². The zero-order chi connectivity index (χ0) is 9.30. The lowest BCUT2D eigenvalue weighted by molar-refractivity contribution is 0.487. The number of nitrogens with two attached hydrogens (primary N) is 2. The first-order chi connectivity index (χ1) is 5.52. The van der Waals surface area contributed by atoms with Gasteiger partial charge >= 0.3 is 0 Å². The van der Waals surface area contributed by atoms with E-state index >= 15 is 0 Å². The van der Waals surface area contributed by atoms with Gasteiger partial charge in [0.05, 0.1) is 6.04 Å². The molecule has 1 unspecified atom stereocenters. The molecule has 4 N–H and O–H groups in total. The lowest BCUT2D eigenvalue weighted by atomic mass is 10.1. The SMILES string of the molecule is CC(C)C(N)c1nc(N)n(C)n1. The number of aromatic nitrogens is 3. The Morgan fingerprint density at radius 1 is 1.42 bits per heavy atom. The molecule has 1 rings (SSSR count). The van der Waals surface area contributed by atoms with Gasteiger partial charge in [-0.05, 0) is 5.92 Å². The summed E-state index contributed by atoms with van der Waals surface area (Å²) < 4.78 is 1.53. The van der Waals surface area contributed by atoms with Crippen LogP contribution in [0.15, 0.2) is 0 Å². The molecule has 0 aromatic carbocycles. The average Bonchev–Trinajstić information content (AvgIpc) is 2.30. The molecule has 0 aliphatic rings. The number of aryl methyl sites for hydroxylation is 1. The first-order valence-corrected chi connectivity index (χ1v) is 3.94. The Morgan fingerprint density at radius 3 is 2.33 bits per heavy atom. The van der Waals surface area contributed by atoms with Crippen molar-refractivity contribution in [3.8, 4) is 0 Å². The molecular weight excluding hydrogens is 154 g/mol. The second-order valence-electron chi connectivity index (χ2n) is 3.22. The molecule has 0 radical (unpaired) electrons. The maximum Gasteiger partial charge on any atom is 0.218 e. The van der Waals surface area contributed by atoms with Crippen LogP contribution < -0.4 is 11.5 Å². The van der Waals surface area contributed by atoms with Crippen LogP contribution >= 0.6 is 0 Å². The van der Waals surface area contributed by atoms with Crippen molar-refractivity contribution in [2.75, 3.05) is 5.73 Å². The van der Waals surface area contributed by atoms with E-state index in [1.54, 1.807) is 7.05 Å². The minimum absolute atomic E-state index is 0.131. The van der Waals surface area contributed by atoms with E-state index in [0.29, 0.717) is 17.7 Å². The summed E-state index contributed by atoms with van der Waals surface area (Å²) >= 11 is 0. The van der Waals surface area contributed by atoms with Gasteiger partial charge in [0.25, 0.3) is 0 Å². The van der Waals surface area contributed by atoms with Gasteiger partial charge in [-0.25, -0.2) is 4.68 Å². The van der Waals surface area contributed by atoms with Gasteiger partial charge in [0, 0.05) is 7.05 Å². The van der Waals surface area contributed by atoms with Crippen molar-refractivity contribution in [1.29, 1.82) is 0 Å². The van der Waals surface area contributed by atoms with Crippen LogP contribution in [-0.4, -0.2) is 14.8 Å². The Labute approximate surface area is 71.8 Å². The van der Waals surface area contributed by atoms with Crippen LogP contribution in [-0.2, 0) is 7.05 Å². The van der Waals surface area contributed by atoms with E-state index in [-0.39, 0.29) is 6.04 Å². The number of anilines is 1. The molecule has 0 fully saturated rings. The molecule has 0 spiro atoms. The summed E-state index contributed by atoms with van der Waals surface area (Å²) in [4.78, 5) is 4.04. The molecular formula is C7H15N5. The number of hydrogen-bond acceptors (Lipinski definition) is 4. The molecule has 1 atom stereocenters. The summed E-state index contributed by atoms with van der Waals surface area (Å²) in [6.07, 6.45) is 0. The minimum atomic E-state index is -0.131. The summed E-state index contributed by atoms with van der Waals surface area (Å²) in [5, 5.41) is 4.09. The average molecular weight is 169 g/mol. The first-order valence-electron chi connectivity index (χ1n) is 3.94. The molecule has 1 heterocycles. The summed E-state index contributed by atoms with van der Waals surface area (Å²) in [5.74, 6) is 1.35. The van der Waals surface area contributed by atoms with Crippen LogP contribution in [0.2, 0.25) is 0 Å². The van der Waals surface area contributed by atoms with E-state index in [4.69, 9.17) is 11.5 Å². The molecule has 5 nitrogen and oxygen atoms in total. The molecule has 5 heteroatoms. The zero-order valence-corrected chi connectivity index (χ0v) is 7.65. The largest absolute Gasteiger partial charge is 0.368 e. The predicted octanol–water partition coefficient (Wildman–Crippen LogP) is 0.0531. The maximum atomic E-state index is 5.83. The topological polar surface area (TPSA) is 82.7 Å². The van der Waals surface area contributed by atoms with E-state index in [0.717, 1.165) is 0 Å². The molecule has 0 aliphatic heterocycles. The molecule has 1 aromatic rings. The Hall–Kier alpha value is -1.10. The van der Waals surface area contributed by atoms with Crippen LogP contribution in [0, 0.1) is 5.92 Å². The monoisotopic (exact) mass is 169 g/mol. The third-order valence-corrected chi connectivity index (χ3v) is 1.83. The second-order valence-corrected chi connectivity index (χ2v) is 3.22. The number of nitrogens with zero attached hydrogens (tertiary/aromatic N) is 3. The van der Waals surface area contributed by atoms with Crippen LogP contribution in [0.25, 0.3) is 0 Å². The van der Waals surface area contributed by atoms with Crippen molar-refractivity contribution < 1.29 is 0 Å². The molecule has 0 saturated carbocycles. The van der Waals surface area contributed by atoms with Gasteiger partial charge in [0.1, 0.15) is 0 Å². The standard InChI is InChI=1S/C7H15N5/c1-4(2)5(8)6-10-7(9)12(3)11-6/h4-5H,8H2,1-3H3,(H2,9,10,11). The Balaban J connectivity index is 2.89. The van der Waals surface area contributed by atoms with E-state index < -0.39 is 0 Å². The summed E-state index contributed by atoms with van der Waals surface area (Å²) in [5.41, 5.74) is 11.3. The van der Waals surface area contributed by atoms with Crippen molar-refractivity contribution >= 4 is 5.95 Å². The van der Waals surface area contributed by atoms with Gasteiger partial charge in [0.2, 0.25) is 5.95 Å². The van der Waals surface area contributed by atoms with Crippen LogP contribution in [0.3, 0.4) is 0 Å². The molecule has 0 saturated heterocycles. The van der Waals surface area contributed by atoms with Gasteiger partial charge < -0.3 is 11.5 Å². The smallest absolute Gasteiger partial charge is 0.218 e. The second kappa shape index (κ2) is 3.10. The van der Waals surface area contributed by atoms with E-state index in [1.807, 2.05) is 13.8 Å². The number of hydrogen-bond donors (Lipinski definition) is 2. The van der Waals surface area contributed by atoms with Crippen LogP contribution in [0.1, 0.15) is 25.7 Å². The Morgan fingerprint density at radius 2 is 2.00 bits per heavy atom. The highest BCUT2D eigenvalue weighted by Crippen LogP contribution is 2.15. The van der Waals surface area contributed by atoms with Crippen molar-refractivity contribution in [2.45, 2.75) is 19.9 Å². The number of nitrogen functional groups attached to an aromatic ring is 1. The summed E-state index contributed by atoms with van der Waals surface area (Å²) in [6.45, 7) is 4.05. The van der Waals surface area contributed by atoms with Gasteiger partial charge in [-0.15, -0.1) is 0 Å². The number of rotatable bonds is 2. The fourth-order valence-corrected chi connectivity index (χ4v) is 0.856. The van der Waals surface area contributed by atoms with Crippen molar-refractivity contribution in [1.82, 2.24) is 14.8 Å².